The first kappa shape index (κ1) is 20.7. The van der Waals surface area contributed by atoms with E-state index in [9.17, 15) is 9.59 Å². The Morgan fingerprint density at radius 2 is 1.70 bits per heavy atom. The molecule has 0 rings (SSSR count). The minimum absolute atomic E-state index is 0.0569. The first-order chi connectivity index (χ1) is 9.51. The van der Waals surface area contributed by atoms with Gasteiger partial charge < -0.3 is 19.7 Å². The maximum Gasteiger partial charge on any atom is 0.330 e. The van der Waals surface area contributed by atoms with Crippen LogP contribution in [-0.2, 0) is 19.1 Å². The molecule has 20 heavy (non-hydrogen) atoms. The molecule has 0 aliphatic heterocycles. The van der Waals surface area contributed by atoms with Crippen molar-refractivity contribution < 1.29 is 29.3 Å². The van der Waals surface area contributed by atoms with Gasteiger partial charge in [-0.15, -0.1) is 0 Å². The highest BCUT2D eigenvalue weighted by Gasteiger charge is 2.02. The number of rotatable bonds is 9. The molecule has 0 saturated carbocycles. The van der Waals surface area contributed by atoms with Crippen molar-refractivity contribution in [2.75, 3.05) is 19.8 Å². The van der Waals surface area contributed by atoms with Crippen LogP contribution < -0.4 is 0 Å². The Labute approximate surface area is 119 Å². The fourth-order valence-electron chi connectivity index (χ4n) is 0.801. The molecule has 0 fully saturated rings. The van der Waals surface area contributed by atoms with Gasteiger partial charge in [0.2, 0.25) is 0 Å². The lowest BCUT2D eigenvalue weighted by Crippen LogP contribution is -2.16. The maximum atomic E-state index is 10.4. The van der Waals surface area contributed by atoms with Crippen LogP contribution in [0.15, 0.2) is 25.3 Å². The predicted molar refractivity (Wildman–Crippen MR) is 74.9 cm³/mol. The van der Waals surface area contributed by atoms with Gasteiger partial charge in [-0.25, -0.2) is 9.59 Å². The zero-order chi connectivity index (χ0) is 15.8. The van der Waals surface area contributed by atoms with Crippen LogP contribution >= 0.6 is 0 Å². The van der Waals surface area contributed by atoms with Crippen molar-refractivity contribution in [1.82, 2.24) is 0 Å². The van der Waals surface area contributed by atoms with Crippen LogP contribution in [-0.4, -0.2) is 48.1 Å². The first-order valence-electron chi connectivity index (χ1n) is 6.39. The van der Waals surface area contributed by atoms with Gasteiger partial charge in [0.1, 0.15) is 6.61 Å². The summed E-state index contributed by atoms with van der Waals surface area (Å²) in [6.07, 6.45) is 3.61. The molecule has 6 heteroatoms. The van der Waals surface area contributed by atoms with Gasteiger partial charge in [0.15, 0.2) is 0 Å². The molecule has 0 aliphatic carbocycles. The number of hydrogen-bond donors (Lipinski definition) is 2. The van der Waals surface area contributed by atoms with Gasteiger partial charge in [-0.1, -0.05) is 20.1 Å². The molecule has 6 nitrogen and oxygen atoms in total. The van der Waals surface area contributed by atoms with Crippen LogP contribution in [0.2, 0.25) is 0 Å². The molecule has 1 atom stereocenters. The molecule has 0 spiro atoms. The highest BCUT2D eigenvalue weighted by molar-refractivity contribution is 5.81. The molecular weight excluding hydrogens is 264 g/mol. The van der Waals surface area contributed by atoms with E-state index in [1.165, 1.54) is 0 Å². The topological polar surface area (TPSA) is 93.1 Å². The van der Waals surface area contributed by atoms with Crippen molar-refractivity contribution in [2.24, 2.45) is 0 Å². The van der Waals surface area contributed by atoms with Crippen molar-refractivity contribution in [3.8, 4) is 0 Å². The van der Waals surface area contributed by atoms with E-state index in [-0.39, 0.29) is 13.2 Å². The summed E-state index contributed by atoms with van der Waals surface area (Å²) >= 11 is 0. The highest BCUT2D eigenvalue weighted by atomic mass is 16.5. The molecule has 0 aromatic carbocycles. The van der Waals surface area contributed by atoms with Gasteiger partial charge in [-0.3, -0.25) is 0 Å². The Kier molecular flexibility index (Phi) is 15.9. The number of hydrogen-bond acceptors (Lipinski definition) is 6. The van der Waals surface area contributed by atoms with Gasteiger partial charge in [0.25, 0.3) is 0 Å². The fourth-order valence-corrected chi connectivity index (χ4v) is 0.801. The Bertz CT molecular complexity index is 287. The number of unbranched alkanes of at least 4 members (excludes halogenated alkanes) is 1. The van der Waals surface area contributed by atoms with Crippen LogP contribution in [0.1, 0.15) is 26.2 Å². The molecule has 0 aliphatic rings. The van der Waals surface area contributed by atoms with E-state index in [0.29, 0.717) is 25.9 Å². The molecule has 116 valence electrons. The number of carbonyl (C=O) groups excluding carboxylic acids is 2. The summed E-state index contributed by atoms with van der Waals surface area (Å²) < 4.78 is 9.16. The molecule has 0 aromatic heterocycles. The van der Waals surface area contributed by atoms with E-state index in [2.05, 4.69) is 22.6 Å². The largest absolute Gasteiger partial charge is 0.463 e. The zero-order valence-electron chi connectivity index (χ0n) is 11.9. The molecule has 1 unspecified atom stereocenters. The second-order valence-electron chi connectivity index (χ2n) is 3.70. The summed E-state index contributed by atoms with van der Waals surface area (Å²) in [6, 6.07) is 0. The van der Waals surface area contributed by atoms with E-state index in [1.54, 1.807) is 0 Å². The van der Waals surface area contributed by atoms with Gasteiger partial charge in [-0.2, -0.15) is 0 Å². The number of esters is 2. The Balaban J connectivity index is 0. The summed E-state index contributed by atoms with van der Waals surface area (Å²) in [6.45, 7) is 8.82. The molecule has 2 N–H and O–H groups in total. The summed E-state index contributed by atoms with van der Waals surface area (Å²) in [5, 5.41) is 17.2. The molecule has 0 amide bonds. The number of ether oxygens (including phenoxy) is 2. The van der Waals surface area contributed by atoms with Crippen molar-refractivity contribution >= 4 is 11.9 Å². The second kappa shape index (κ2) is 15.4. The van der Waals surface area contributed by atoms with Crippen molar-refractivity contribution in [3.63, 3.8) is 0 Å². The monoisotopic (exact) mass is 288 g/mol. The smallest absolute Gasteiger partial charge is 0.330 e. The number of aliphatic hydroxyl groups is 2. The van der Waals surface area contributed by atoms with E-state index in [1.807, 2.05) is 6.92 Å². The Morgan fingerprint density at radius 3 is 2.15 bits per heavy atom. The summed E-state index contributed by atoms with van der Waals surface area (Å²) in [7, 11) is 0. The van der Waals surface area contributed by atoms with E-state index in [4.69, 9.17) is 10.2 Å². The predicted octanol–water partition coefficient (Wildman–Crippen LogP) is 0.975. The third-order valence-electron chi connectivity index (χ3n) is 2.02. The van der Waals surface area contributed by atoms with Gasteiger partial charge in [0.05, 0.1) is 12.7 Å². The average Bonchev–Trinajstić information content (AvgIpc) is 2.48. The molecule has 0 heterocycles. The maximum absolute atomic E-state index is 10.4. The molecule has 0 bridgehead atoms. The quantitative estimate of drug-likeness (QED) is 0.373. The van der Waals surface area contributed by atoms with Crippen LogP contribution in [0, 0.1) is 0 Å². The van der Waals surface area contributed by atoms with Crippen molar-refractivity contribution in [2.45, 2.75) is 32.3 Å². The third kappa shape index (κ3) is 16.3. The lowest BCUT2D eigenvalue weighted by molar-refractivity contribution is -0.140. The van der Waals surface area contributed by atoms with Gasteiger partial charge in [0, 0.05) is 18.8 Å². The highest BCUT2D eigenvalue weighted by Crippen LogP contribution is 1.91. The molecule has 0 saturated heterocycles. The minimum Gasteiger partial charge on any atom is -0.463 e. The Hall–Kier alpha value is -1.66. The van der Waals surface area contributed by atoms with E-state index >= 15 is 0 Å². The van der Waals surface area contributed by atoms with E-state index in [0.717, 1.165) is 12.2 Å². The van der Waals surface area contributed by atoms with Crippen LogP contribution in [0.3, 0.4) is 0 Å². The normalized spacial score (nSPS) is 10.6. The summed E-state index contributed by atoms with van der Waals surface area (Å²) in [5.74, 6) is -0.898. The number of carbonyl (C=O) groups is 2. The van der Waals surface area contributed by atoms with Crippen LogP contribution in [0.25, 0.3) is 0 Å². The van der Waals surface area contributed by atoms with Crippen molar-refractivity contribution in [3.05, 3.63) is 25.3 Å². The first-order valence-corrected chi connectivity index (χ1v) is 6.39. The van der Waals surface area contributed by atoms with Crippen LogP contribution in [0.4, 0.5) is 0 Å². The fraction of sp³-hybridized carbons (Fsp3) is 0.571. The minimum atomic E-state index is -0.552. The van der Waals surface area contributed by atoms with E-state index < -0.39 is 18.0 Å². The standard InChI is InChI=1S/2C7H12O3/c1-3-6(8)5-10-7(9)4-2;1-2-7(9)10-6-4-3-5-8/h4,6,8H,2-3,5H2,1H3;2,8H,1,3-6H2. The average molecular weight is 288 g/mol. The van der Waals surface area contributed by atoms with Crippen LogP contribution in [0.5, 0.6) is 0 Å². The SMILES string of the molecule is C=CC(=O)OCC(O)CC.C=CC(=O)OCCCCO. The number of aliphatic hydroxyl groups excluding tert-OH is 2. The summed E-state index contributed by atoms with van der Waals surface area (Å²) in [4.78, 5) is 20.8. The Morgan fingerprint density at radius 1 is 1.15 bits per heavy atom. The zero-order valence-corrected chi connectivity index (χ0v) is 11.9. The lowest BCUT2D eigenvalue weighted by Gasteiger charge is -2.05. The molecule has 0 radical (unpaired) electrons. The van der Waals surface area contributed by atoms with Crippen molar-refractivity contribution in [1.29, 1.82) is 0 Å². The molecular formula is C14H24O6. The van der Waals surface area contributed by atoms with Gasteiger partial charge >= 0.3 is 11.9 Å². The summed E-state index contributed by atoms with van der Waals surface area (Å²) in [5.41, 5.74) is 0. The lowest BCUT2D eigenvalue weighted by atomic mass is 10.3. The molecule has 0 aromatic rings. The second-order valence-corrected chi connectivity index (χ2v) is 3.70. The van der Waals surface area contributed by atoms with Gasteiger partial charge in [-0.05, 0) is 19.3 Å². The third-order valence-corrected chi connectivity index (χ3v) is 2.02.